The molecule has 8 nitrogen and oxygen atoms in total. The van der Waals surface area contributed by atoms with Crippen LogP contribution in [0.4, 0.5) is 5.69 Å². The highest BCUT2D eigenvalue weighted by molar-refractivity contribution is 7.92. The van der Waals surface area contributed by atoms with Crippen molar-refractivity contribution in [2.24, 2.45) is 0 Å². The molecule has 0 aromatic heterocycles. The van der Waals surface area contributed by atoms with Gasteiger partial charge in [-0.2, -0.15) is 0 Å². The Balaban J connectivity index is 1.70. The van der Waals surface area contributed by atoms with Gasteiger partial charge in [0.1, 0.15) is 17.2 Å². The number of amides is 1. The lowest BCUT2D eigenvalue weighted by Crippen LogP contribution is -2.23. The van der Waals surface area contributed by atoms with E-state index in [1.807, 2.05) is 0 Å². The Kier molecular flexibility index (Phi) is 7.21. The van der Waals surface area contributed by atoms with Gasteiger partial charge in [-0.25, -0.2) is 8.42 Å². The first-order valence-electron chi connectivity index (χ1n) is 9.63. The lowest BCUT2D eigenvalue weighted by Gasteiger charge is -2.13. The molecule has 0 spiro atoms. The smallest absolute Gasteiger partial charge is 0.262 e. The molecule has 168 valence electrons. The van der Waals surface area contributed by atoms with E-state index in [9.17, 15) is 13.2 Å². The normalized spacial score (nSPS) is 10.8. The summed E-state index contributed by atoms with van der Waals surface area (Å²) in [4.78, 5) is 12.6. The van der Waals surface area contributed by atoms with Gasteiger partial charge in [-0.1, -0.05) is 12.1 Å². The average molecular weight is 457 g/mol. The Bertz CT molecular complexity index is 1190. The number of carbonyl (C=O) groups excluding carboxylic acids is 1. The van der Waals surface area contributed by atoms with Crippen LogP contribution in [0.3, 0.4) is 0 Å². The molecule has 0 unspecified atom stereocenters. The van der Waals surface area contributed by atoms with Crippen molar-refractivity contribution in [1.29, 1.82) is 0 Å². The molecule has 0 aliphatic carbocycles. The summed E-state index contributed by atoms with van der Waals surface area (Å²) < 4.78 is 43.6. The van der Waals surface area contributed by atoms with Crippen LogP contribution < -0.4 is 24.2 Å². The zero-order valence-electron chi connectivity index (χ0n) is 17.9. The van der Waals surface area contributed by atoms with E-state index in [4.69, 9.17) is 14.2 Å². The number of hydrogen-bond acceptors (Lipinski definition) is 6. The Morgan fingerprint density at radius 3 is 2.19 bits per heavy atom. The molecule has 0 aliphatic rings. The number of anilines is 1. The molecule has 0 bridgehead atoms. The van der Waals surface area contributed by atoms with Crippen LogP contribution in [0.25, 0.3) is 0 Å². The second-order valence-corrected chi connectivity index (χ2v) is 8.37. The summed E-state index contributed by atoms with van der Waals surface area (Å²) in [6.07, 6.45) is 0. The number of rotatable bonds is 9. The minimum atomic E-state index is -3.85. The standard InChI is InChI=1S/C23H24N2O6S/c1-29-18-10-13-21(30-2)17(14-18)15-24-23(26)16-8-11-19(12-9-16)32(27,28)25-20-6-4-5-7-22(20)31-3/h4-14,25H,15H2,1-3H3,(H,24,26). The summed E-state index contributed by atoms with van der Waals surface area (Å²) in [6, 6.07) is 17.7. The molecule has 3 rings (SSSR count). The summed E-state index contributed by atoms with van der Waals surface area (Å²) in [5.41, 5.74) is 1.40. The van der Waals surface area contributed by atoms with Gasteiger partial charge in [-0.3, -0.25) is 9.52 Å². The maximum Gasteiger partial charge on any atom is 0.262 e. The highest BCUT2D eigenvalue weighted by Gasteiger charge is 2.17. The number of benzene rings is 3. The Hall–Kier alpha value is -3.72. The van der Waals surface area contributed by atoms with E-state index < -0.39 is 10.0 Å². The molecular weight excluding hydrogens is 432 g/mol. The summed E-state index contributed by atoms with van der Waals surface area (Å²) >= 11 is 0. The summed E-state index contributed by atoms with van der Waals surface area (Å²) in [5, 5.41) is 2.80. The number of para-hydroxylation sites is 2. The van der Waals surface area contributed by atoms with E-state index in [0.29, 0.717) is 28.5 Å². The SMILES string of the molecule is COc1ccc(OC)c(CNC(=O)c2ccc(S(=O)(=O)Nc3ccccc3OC)cc2)c1. The van der Waals surface area contributed by atoms with Gasteiger partial charge in [0.15, 0.2) is 0 Å². The highest BCUT2D eigenvalue weighted by Crippen LogP contribution is 2.26. The fraction of sp³-hybridized carbons (Fsp3) is 0.174. The van der Waals surface area contributed by atoms with E-state index in [1.165, 1.54) is 31.4 Å². The first-order valence-corrected chi connectivity index (χ1v) is 11.1. The fourth-order valence-electron chi connectivity index (χ4n) is 3.02. The van der Waals surface area contributed by atoms with Gasteiger partial charge in [0.2, 0.25) is 0 Å². The molecule has 0 radical (unpaired) electrons. The first kappa shape index (κ1) is 23.0. The lowest BCUT2D eigenvalue weighted by molar-refractivity contribution is 0.0950. The van der Waals surface area contributed by atoms with Crippen molar-refractivity contribution in [1.82, 2.24) is 5.32 Å². The monoisotopic (exact) mass is 456 g/mol. The van der Waals surface area contributed by atoms with Crippen LogP contribution in [0.1, 0.15) is 15.9 Å². The Morgan fingerprint density at radius 2 is 1.53 bits per heavy atom. The minimum absolute atomic E-state index is 0.0226. The predicted molar refractivity (Wildman–Crippen MR) is 121 cm³/mol. The van der Waals surface area contributed by atoms with E-state index >= 15 is 0 Å². The van der Waals surface area contributed by atoms with Gasteiger partial charge in [0.25, 0.3) is 15.9 Å². The molecule has 1 amide bonds. The largest absolute Gasteiger partial charge is 0.497 e. The molecule has 0 saturated carbocycles. The third-order valence-corrected chi connectivity index (χ3v) is 6.09. The molecule has 0 atom stereocenters. The number of ether oxygens (including phenoxy) is 3. The fourth-order valence-corrected chi connectivity index (χ4v) is 4.09. The van der Waals surface area contributed by atoms with Gasteiger partial charge in [-0.05, 0) is 54.6 Å². The lowest BCUT2D eigenvalue weighted by atomic mass is 10.1. The Morgan fingerprint density at radius 1 is 0.844 bits per heavy atom. The predicted octanol–water partition coefficient (Wildman–Crippen LogP) is 3.44. The number of carbonyl (C=O) groups is 1. The first-order chi connectivity index (χ1) is 15.4. The molecule has 0 heterocycles. The summed E-state index contributed by atoms with van der Waals surface area (Å²) in [6.45, 7) is 0.217. The third kappa shape index (κ3) is 5.30. The minimum Gasteiger partial charge on any atom is -0.497 e. The van der Waals surface area contributed by atoms with Crippen LogP contribution in [0.2, 0.25) is 0 Å². The van der Waals surface area contributed by atoms with Crippen LogP contribution in [0, 0.1) is 0 Å². The van der Waals surface area contributed by atoms with Gasteiger partial charge in [-0.15, -0.1) is 0 Å². The van der Waals surface area contributed by atoms with Crippen LogP contribution in [0.15, 0.2) is 71.6 Å². The van der Waals surface area contributed by atoms with Gasteiger partial charge >= 0.3 is 0 Å². The molecule has 32 heavy (non-hydrogen) atoms. The summed E-state index contributed by atoms with van der Waals surface area (Å²) in [7, 11) is 0.713. The highest BCUT2D eigenvalue weighted by atomic mass is 32.2. The second kappa shape index (κ2) is 10.1. The maximum absolute atomic E-state index is 12.7. The number of sulfonamides is 1. The number of methoxy groups -OCH3 is 3. The number of hydrogen-bond donors (Lipinski definition) is 2. The van der Waals surface area contributed by atoms with Crippen molar-refractivity contribution in [3.05, 3.63) is 77.9 Å². The zero-order chi connectivity index (χ0) is 23.1. The van der Waals surface area contributed by atoms with Crippen LogP contribution >= 0.6 is 0 Å². The van der Waals surface area contributed by atoms with E-state index in [2.05, 4.69) is 10.0 Å². The molecule has 3 aromatic rings. The molecule has 9 heteroatoms. The van der Waals surface area contributed by atoms with Gasteiger partial charge in [0, 0.05) is 17.7 Å². The average Bonchev–Trinajstić information content (AvgIpc) is 2.82. The van der Waals surface area contributed by atoms with Crippen molar-refractivity contribution in [3.63, 3.8) is 0 Å². The number of nitrogens with one attached hydrogen (secondary N) is 2. The molecule has 0 aliphatic heterocycles. The van der Waals surface area contributed by atoms with Crippen LogP contribution in [-0.2, 0) is 16.6 Å². The quantitative estimate of drug-likeness (QED) is 0.511. The van der Waals surface area contributed by atoms with E-state index in [-0.39, 0.29) is 17.3 Å². The zero-order valence-corrected chi connectivity index (χ0v) is 18.7. The van der Waals surface area contributed by atoms with Gasteiger partial charge < -0.3 is 19.5 Å². The van der Waals surface area contributed by atoms with Crippen molar-refractivity contribution in [2.45, 2.75) is 11.4 Å². The second-order valence-electron chi connectivity index (χ2n) is 6.69. The van der Waals surface area contributed by atoms with Crippen LogP contribution in [0.5, 0.6) is 17.2 Å². The van der Waals surface area contributed by atoms with Crippen molar-refractivity contribution in [3.8, 4) is 17.2 Å². The molecule has 3 aromatic carbocycles. The topological polar surface area (TPSA) is 103 Å². The molecular formula is C23H24N2O6S. The Labute approximate surface area is 187 Å². The van der Waals surface area contributed by atoms with Gasteiger partial charge in [0.05, 0.1) is 31.9 Å². The van der Waals surface area contributed by atoms with E-state index in [0.717, 1.165) is 5.56 Å². The van der Waals surface area contributed by atoms with Crippen molar-refractivity contribution >= 4 is 21.6 Å². The van der Waals surface area contributed by atoms with Crippen LogP contribution in [-0.4, -0.2) is 35.7 Å². The molecule has 0 saturated heterocycles. The summed E-state index contributed by atoms with van der Waals surface area (Å²) in [5.74, 6) is 1.32. The van der Waals surface area contributed by atoms with E-state index in [1.54, 1.807) is 56.7 Å². The van der Waals surface area contributed by atoms with Crippen molar-refractivity contribution in [2.75, 3.05) is 26.1 Å². The molecule has 0 fully saturated rings. The maximum atomic E-state index is 12.7. The molecule has 2 N–H and O–H groups in total. The third-order valence-electron chi connectivity index (χ3n) is 4.71. The van der Waals surface area contributed by atoms with Crippen molar-refractivity contribution < 1.29 is 27.4 Å².